The summed E-state index contributed by atoms with van der Waals surface area (Å²) in [6.45, 7) is 5.03. The lowest BCUT2D eigenvalue weighted by Gasteiger charge is -2.13. The first kappa shape index (κ1) is 14.2. The molecule has 1 rings (SSSR count). The smallest absolute Gasteiger partial charge is 0.293 e. The molecule has 6 heteroatoms. The standard InChI is InChI=1S/C11H15IN2O3/c1-3-17-8(2)7-13-10-5-4-9(12)6-11(10)14(15)16/h4-6,8,13H,3,7H2,1-2H3. The van der Waals surface area contributed by atoms with Gasteiger partial charge in [-0.15, -0.1) is 0 Å². The van der Waals surface area contributed by atoms with Crippen LogP contribution in [0.2, 0.25) is 0 Å². The highest BCUT2D eigenvalue weighted by molar-refractivity contribution is 14.1. The van der Waals surface area contributed by atoms with Gasteiger partial charge in [0.1, 0.15) is 5.69 Å². The minimum absolute atomic E-state index is 0.0267. The van der Waals surface area contributed by atoms with Gasteiger partial charge in [-0.05, 0) is 48.6 Å². The summed E-state index contributed by atoms with van der Waals surface area (Å²) >= 11 is 2.05. The fourth-order valence-electron chi connectivity index (χ4n) is 1.40. The zero-order valence-electron chi connectivity index (χ0n) is 9.77. The quantitative estimate of drug-likeness (QED) is 0.487. The number of hydrogen-bond donors (Lipinski definition) is 1. The van der Waals surface area contributed by atoms with Crippen LogP contribution < -0.4 is 5.32 Å². The second-order valence-electron chi connectivity index (χ2n) is 3.57. The number of nitro groups is 1. The molecule has 1 atom stereocenters. The van der Waals surface area contributed by atoms with Gasteiger partial charge in [-0.2, -0.15) is 0 Å². The van der Waals surface area contributed by atoms with E-state index in [0.717, 1.165) is 3.57 Å². The molecule has 0 fully saturated rings. The molecule has 0 spiro atoms. The number of nitro benzene ring substituents is 1. The molecule has 5 nitrogen and oxygen atoms in total. The van der Waals surface area contributed by atoms with Crippen LogP contribution >= 0.6 is 22.6 Å². The van der Waals surface area contributed by atoms with Crippen LogP contribution in [0.1, 0.15) is 13.8 Å². The molecule has 1 N–H and O–H groups in total. The Morgan fingerprint density at radius 2 is 2.29 bits per heavy atom. The molecule has 0 aromatic heterocycles. The van der Waals surface area contributed by atoms with E-state index in [1.54, 1.807) is 12.1 Å². The van der Waals surface area contributed by atoms with Gasteiger partial charge in [0.25, 0.3) is 5.69 Å². The number of anilines is 1. The predicted octanol–water partition coefficient (Wildman–Crippen LogP) is 3.04. The van der Waals surface area contributed by atoms with Crippen molar-refractivity contribution in [2.75, 3.05) is 18.5 Å². The number of ether oxygens (including phenoxy) is 1. The summed E-state index contributed by atoms with van der Waals surface area (Å²) in [6, 6.07) is 5.11. The molecule has 0 aliphatic rings. The Bertz CT molecular complexity index is 398. The lowest BCUT2D eigenvalue weighted by atomic mass is 10.2. The van der Waals surface area contributed by atoms with Crippen molar-refractivity contribution < 1.29 is 9.66 Å². The highest BCUT2D eigenvalue weighted by atomic mass is 127. The molecule has 1 unspecified atom stereocenters. The summed E-state index contributed by atoms with van der Waals surface area (Å²) in [5.74, 6) is 0. The summed E-state index contributed by atoms with van der Waals surface area (Å²) in [5.41, 5.74) is 0.627. The largest absolute Gasteiger partial charge is 0.377 e. The second kappa shape index (κ2) is 6.75. The Morgan fingerprint density at radius 3 is 2.88 bits per heavy atom. The van der Waals surface area contributed by atoms with E-state index in [-0.39, 0.29) is 16.7 Å². The van der Waals surface area contributed by atoms with E-state index in [0.29, 0.717) is 18.8 Å². The summed E-state index contributed by atoms with van der Waals surface area (Å²) in [7, 11) is 0. The molecule has 0 saturated heterocycles. The summed E-state index contributed by atoms with van der Waals surface area (Å²) < 4.78 is 6.20. The highest BCUT2D eigenvalue weighted by Gasteiger charge is 2.14. The maximum atomic E-state index is 10.9. The van der Waals surface area contributed by atoms with Gasteiger partial charge in [-0.1, -0.05) is 0 Å². The lowest BCUT2D eigenvalue weighted by molar-refractivity contribution is -0.384. The fourth-order valence-corrected chi connectivity index (χ4v) is 1.88. The number of halogens is 1. The second-order valence-corrected chi connectivity index (χ2v) is 4.81. The molecule has 94 valence electrons. The van der Waals surface area contributed by atoms with Crippen molar-refractivity contribution >= 4 is 34.0 Å². The minimum Gasteiger partial charge on any atom is -0.377 e. The molecule has 1 aromatic carbocycles. The van der Waals surface area contributed by atoms with Gasteiger partial charge in [0.15, 0.2) is 0 Å². The van der Waals surface area contributed by atoms with E-state index in [1.807, 2.05) is 19.9 Å². The zero-order chi connectivity index (χ0) is 12.8. The maximum absolute atomic E-state index is 10.9. The third kappa shape index (κ3) is 4.47. The molecule has 17 heavy (non-hydrogen) atoms. The molecular weight excluding hydrogens is 335 g/mol. The van der Waals surface area contributed by atoms with Crippen molar-refractivity contribution in [1.29, 1.82) is 0 Å². The molecule has 0 bridgehead atoms. The van der Waals surface area contributed by atoms with E-state index < -0.39 is 0 Å². The van der Waals surface area contributed by atoms with Gasteiger partial charge >= 0.3 is 0 Å². The van der Waals surface area contributed by atoms with Gasteiger partial charge < -0.3 is 10.1 Å². The van der Waals surface area contributed by atoms with E-state index in [9.17, 15) is 10.1 Å². The highest BCUT2D eigenvalue weighted by Crippen LogP contribution is 2.26. The van der Waals surface area contributed by atoms with Gasteiger partial charge in [0.05, 0.1) is 11.0 Å². The van der Waals surface area contributed by atoms with Crippen molar-refractivity contribution in [3.05, 3.63) is 31.9 Å². The average Bonchev–Trinajstić information content (AvgIpc) is 2.27. The third-order valence-corrected chi connectivity index (χ3v) is 2.86. The molecule has 0 radical (unpaired) electrons. The predicted molar refractivity (Wildman–Crippen MR) is 75.4 cm³/mol. The van der Waals surface area contributed by atoms with Crippen LogP contribution in [0.5, 0.6) is 0 Å². The van der Waals surface area contributed by atoms with Crippen LogP contribution in [0.4, 0.5) is 11.4 Å². The van der Waals surface area contributed by atoms with Crippen molar-refractivity contribution in [1.82, 2.24) is 0 Å². The van der Waals surface area contributed by atoms with Gasteiger partial charge in [-0.3, -0.25) is 10.1 Å². The lowest BCUT2D eigenvalue weighted by Crippen LogP contribution is -2.20. The number of hydrogen-bond acceptors (Lipinski definition) is 4. The van der Waals surface area contributed by atoms with E-state index in [1.165, 1.54) is 0 Å². The van der Waals surface area contributed by atoms with E-state index in [4.69, 9.17) is 4.74 Å². The molecule has 0 aliphatic carbocycles. The van der Waals surface area contributed by atoms with Crippen LogP contribution in [0.25, 0.3) is 0 Å². The summed E-state index contributed by atoms with van der Waals surface area (Å²) in [5, 5.41) is 13.9. The normalized spacial score (nSPS) is 12.2. The van der Waals surface area contributed by atoms with Crippen LogP contribution in [-0.2, 0) is 4.74 Å². The third-order valence-electron chi connectivity index (χ3n) is 2.19. The molecular formula is C11H15IN2O3. The first-order chi connectivity index (χ1) is 8.04. The SMILES string of the molecule is CCOC(C)CNc1ccc(I)cc1[N+](=O)[O-]. The molecule has 0 heterocycles. The molecule has 1 aromatic rings. The first-order valence-electron chi connectivity index (χ1n) is 5.34. The first-order valence-corrected chi connectivity index (χ1v) is 6.42. The summed E-state index contributed by atoms with van der Waals surface area (Å²) in [6.07, 6.45) is 0.0267. The van der Waals surface area contributed by atoms with Crippen molar-refractivity contribution in [2.24, 2.45) is 0 Å². The number of benzene rings is 1. The van der Waals surface area contributed by atoms with Crippen molar-refractivity contribution in [3.63, 3.8) is 0 Å². The Balaban J connectivity index is 2.73. The Hall–Kier alpha value is -0.890. The topological polar surface area (TPSA) is 64.4 Å². The Kier molecular flexibility index (Phi) is 5.63. The average molecular weight is 350 g/mol. The molecule has 0 amide bonds. The minimum atomic E-state index is -0.379. The monoisotopic (exact) mass is 350 g/mol. The van der Waals surface area contributed by atoms with E-state index >= 15 is 0 Å². The summed E-state index contributed by atoms with van der Waals surface area (Å²) in [4.78, 5) is 10.5. The number of nitrogens with one attached hydrogen (secondary N) is 1. The van der Waals surface area contributed by atoms with E-state index in [2.05, 4.69) is 27.9 Å². The van der Waals surface area contributed by atoms with Crippen LogP contribution in [0.15, 0.2) is 18.2 Å². The maximum Gasteiger partial charge on any atom is 0.293 e. The fraction of sp³-hybridized carbons (Fsp3) is 0.455. The van der Waals surface area contributed by atoms with Crippen molar-refractivity contribution in [3.8, 4) is 0 Å². The van der Waals surface area contributed by atoms with Gasteiger partial charge in [-0.25, -0.2) is 0 Å². The molecule has 0 saturated carbocycles. The molecule has 0 aliphatic heterocycles. The van der Waals surface area contributed by atoms with Crippen LogP contribution in [0, 0.1) is 13.7 Å². The Morgan fingerprint density at radius 1 is 1.59 bits per heavy atom. The number of nitrogens with zero attached hydrogens (tertiary/aromatic N) is 1. The Labute approximate surface area is 114 Å². The van der Waals surface area contributed by atoms with Crippen LogP contribution in [0.3, 0.4) is 0 Å². The van der Waals surface area contributed by atoms with Gasteiger partial charge in [0, 0.05) is 22.8 Å². The van der Waals surface area contributed by atoms with Crippen molar-refractivity contribution in [2.45, 2.75) is 20.0 Å². The van der Waals surface area contributed by atoms with Gasteiger partial charge in [0.2, 0.25) is 0 Å². The zero-order valence-corrected chi connectivity index (χ0v) is 11.9. The number of rotatable bonds is 6. The van der Waals surface area contributed by atoms with Crippen LogP contribution in [-0.4, -0.2) is 24.2 Å².